The van der Waals surface area contributed by atoms with E-state index in [1.165, 1.54) is 63.5 Å². The monoisotopic (exact) mass is 449 g/mol. The van der Waals surface area contributed by atoms with E-state index in [0.717, 1.165) is 0 Å². The molecule has 6 heteroatoms. The second-order valence-corrected chi connectivity index (χ2v) is 13.9. The van der Waals surface area contributed by atoms with Crippen molar-refractivity contribution in [1.29, 1.82) is 10.5 Å². The lowest BCUT2D eigenvalue weighted by Crippen LogP contribution is -2.62. The van der Waals surface area contributed by atoms with Gasteiger partial charge in [-0.25, -0.2) is 0 Å². The fourth-order valence-electron chi connectivity index (χ4n) is 7.35. The Labute approximate surface area is 189 Å². The molecule has 0 bridgehead atoms. The van der Waals surface area contributed by atoms with E-state index in [9.17, 15) is 10.5 Å². The average Bonchev–Trinajstić information content (AvgIpc) is 3.50. The minimum Gasteiger partial charge on any atom is -0.326 e. The Hall–Kier alpha value is -0.0100. The summed E-state index contributed by atoms with van der Waals surface area (Å²) in [6, 6.07) is 5.21. The van der Waals surface area contributed by atoms with Crippen LogP contribution < -0.4 is 5.73 Å². The number of nitriles is 2. The minimum atomic E-state index is -0.123. The van der Waals surface area contributed by atoms with Crippen LogP contribution in [0.4, 0.5) is 0 Å². The summed E-state index contributed by atoms with van der Waals surface area (Å²) in [4.78, 5) is 0. The first kappa shape index (κ1) is 22.2. The standard InChI is InChI=1S/C23H35N3S3/c1-3-4-8-15(2)23(22(11-7-12-27-22)16-9-5-6-10-16)18(14-25)29-21-19(23)20(26)17(13-24)28-21/h15-21H,3-12,26H2,1-2H3. The van der Waals surface area contributed by atoms with Gasteiger partial charge < -0.3 is 5.73 Å². The molecular weight excluding hydrogens is 414 g/mol. The first-order valence-corrected chi connectivity index (χ1v) is 14.4. The molecule has 0 aromatic carbocycles. The molecule has 0 spiro atoms. The number of nitrogens with two attached hydrogens (primary N) is 1. The van der Waals surface area contributed by atoms with Crippen LogP contribution in [0.1, 0.15) is 71.6 Å². The Morgan fingerprint density at radius 3 is 2.48 bits per heavy atom. The maximum atomic E-state index is 10.5. The Morgan fingerprint density at radius 1 is 1.14 bits per heavy atom. The lowest BCUT2D eigenvalue weighted by molar-refractivity contribution is 0.0129. The third-order valence-electron chi connectivity index (χ3n) is 8.44. The van der Waals surface area contributed by atoms with E-state index in [1.807, 2.05) is 11.8 Å². The predicted molar refractivity (Wildman–Crippen MR) is 127 cm³/mol. The molecule has 2 N–H and O–H groups in total. The normalized spacial score (nSPS) is 45.8. The zero-order chi connectivity index (χ0) is 20.6. The Bertz CT molecular complexity index is 674. The first-order chi connectivity index (χ1) is 14.1. The van der Waals surface area contributed by atoms with Crippen molar-refractivity contribution >= 4 is 35.3 Å². The van der Waals surface area contributed by atoms with Crippen molar-refractivity contribution in [3.63, 3.8) is 0 Å². The average molecular weight is 450 g/mol. The summed E-state index contributed by atoms with van der Waals surface area (Å²) in [5.41, 5.74) is 6.81. The molecule has 0 amide bonds. The van der Waals surface area contributed by atoms with Gasteiger partial charge in [-0.05, 0) is 43.3 Å². The smallest absolute Gasteiger partial charge is 0.108 e. The maximum Gasteiger partial charge on any atom is 0.108 e. The second kappa shape index (κ2) is 8.85. The number of unbranched alkanes of at least 4 members (excludes halogenated alkanes) is 1. The van der Waals surface area contributed by atoms with Gasteiger partial charge in [-0.15, -0.1) is 23.5 Å². The SMILES string of the molecule is CCCCC(C)C1(C2(C3CCCC3)CCCS2)C(C#N)SC2SC(C#N)C(N)C21. The molecule has 0 aromatic rings. The highest BCUT2D eigenvalue weighted by Gasteiger charge is 2.73. The number of fused-ring (bicyclic) bond motifs is 1. The fraction of sp³-hybridized carbons (Fsp3) is 0.913. The maximum absolute atomic E-state index is 10.5. The molecule has 1 saturated carbocycles. The molecule has 3 saturated heterocycles. The minimum absolute atomic E-state index is 0.00810. The van der Waals surface area contributed by atoms with Crippen molar-refractivity contribution < 1.29 is 0 Å². The van der Waals surface area contributed by atoms with E-state index in [-0.39, 0.29) is 32.6 Å². The van der Waals surface area contributed by atoms with Crippen molar-refractivity contribution in [3.8, 4) is 12.1 Å². The van der Waals surface area contributed by atoms with Crippen molar-refractivity contribution in [3.05, 3.63) is 0 Å². The molecule has 1 aliphatic carbocycles. The summed E-state index contributed by atoms with van der Waals surface area (Å²) in [6.07, 6.45) is 11.4. The highest BCUT2D eigenvalue weighted by atomic mass is 32.2. The highest BCUT2D eigenvalue weighted by molar-refractivity contribution is 8.18. The van der Waals surface area contributed by atoms with E-state index in [0.29, 0.717) is 16.4 Å². The van der Waals surface area contributed by atoms with Crippen LogP contribution in [-0.4, -0.2) is 31.6 Å². The predicted octanol–water partition coefficient (Wildman–Crippen LogP) is 5.80. The van der Waals surface area contributed by atoms with Crippen molar-refractivity contribution in [2.24, 2.45) is 28.9 Å². The summed E-state index contributed by atoms with van der Waals surface area (Å²) in [7, 11) is 0. The number of hydrogen-bond acceptors (Lipinski definition) is 6. The van der Waals surface area contributed by atoms with Crippen molar-refractivity contribution in [1.82, 2.24) is 0 Å². The van der Waals surface area contributed by atoms with Gasteiger partial charge in [0.2, 0.25) is 0 Å². The van der Waals surface area contributed by atoms with Crippen LogP contribution in [0, 0.1) is 45.8 Å². The molecule has 3 nitrogen and oxygen atoms in total. The fourth-order valence-corrected chi connectivity index (χ4v) is 13.5. The van der Waals surface area contributed by atoms with Crippen LogP contribution in [0.5, 0.6) is 0 Å². The Kier molecular flexibility index (Phi) is 6.78. The molecule has 4 rings (SSSR count). The van der Waals surface area contributed by atoms with Crippen LogP contribution >= 0.6 is 35.3 Å². The highest BCUT2D eigenvalue weighted by Crippen LogP contribution is 2.74. The lowest BCUT2D eigenvalue weighted by Gasteiger charge is -2.58. The number of rotatable bonds is 6. The molecule has 8 unspecified atom stereocenters. The van der Waals surface area contributed by atoms with Crippen LogP contribution in [0.25, 0.3) is 0 Å². The van der Waals surface area contributed by atoms with E-state index in [2.05, 4.69) is 37.7 Å². The van der Waals surface area contributed by atoms with E-state index in [1.54, 1.807) is 11.8 Å². The molecule has 0 aromatic heterocycles. The molecule has 0 radical (unpaired) electrons. The zero-order valence-electron chi connectivity index (χ0n) is 17.8. The van der Waals surface area contributed by atoms with Gasteiger partial charge in [-0.3, -0.25) is 0 Å². The largest absolute Gasteiger partial charge is 0.326 e. The van der Waals surface area contributed by atoms with E-state index in [4.69, 9.17) is 5.73 Å². The van der Waals surface area contributed by atoms with Crippen molar-refractivity contribution in [2.45, 2.75) is 97.5 Å². The third-order valence-corrected chi connectivity index (χ3v) is 13.6. The van der Waals surface area contributed by atoms with Gasteiger partial charge in [0, 0.05) is 22.1 Å². The molecule has 3 aliphatic heterocycles. The van der Waals surface area contributed by atoms with Crippen molar-refractivity contribution in [2.75, 3.05) is 5.75 Å². The molecule has 29 heavy (non-hydrogen) atoms. The van der Waals surface area contributed by atoms with Gasteiger partial charge in [-0.2, -0.15) is 22.3 Å². The summed E-state index contributed by atoms with van der Waals surface area (Å²) in [5.74, 6) is 2.70. The summed E-state index contributed by atoms with van der Waals surface area (Å²) in [6.45, 7) is 4.71. The van der Waals surface area contributed by atoms with Gasteiger partial charge in [0.05, 0.1) is 16.7 Å². The molecule has 160 valence electrons. The van der Waals surface area contributed by atoms with Gasteiger partial charge in [0.15, 0.2) is 0 Å². The quantitative estimate of drug-likeness (QED) is 0.552. The molecule has 8 atom stereocenters. The molecule has 3 heterocycles. The lowest BCUT2D eigenvalue weighted by atomic mass is 9.51. The van der Waals surface area contributed by atoms with Gasteiger partial charge in [0.25, 0.3) is 0 Å². The van der Waals surface area contributed by atoms with Gasteiger partial charge >= 0.3 is 0 Å². The number of thioether (sulfide) groups is 3. The topological polar surface area (TPSA) is 73.6 Å². The Balaban J connectivity index is 1.88. The molecular formula is C23H35N3S3. The van der Waals surface area contributed by atoms with Crippen LogP contribution in [0.3, 0.4) is 0 Å². The van der Waals surface area contributed by atoms with E-state index < -0.39 is 0 Å². The van der Waals surface area contributed by atoms with Crippen LogP contribution in [0.15, 0.2) is 0 Å². The Morgan fingerprint density at radius 2 is 1.90 bits per heavy atom. The molecule has 4 aliphatic rings. The number of hydrogen-bond donors (Lipinski definition) is 1. The van der Waals surface area contributed by atoms with Gasteiger partial charge in [-0.1, -0.05) is 46.0 Å². The van der Waals surface area contributed by atoms with Crippen LogP contribution in [0.2, 0.25) is 0 Å². The van der Waals surface area contributed by atoms with E-state index >= 15 is 0 Å². The zero-order valence-corrected chi connectivity index (χ0v) is 20.3. The summed E-state index contributed by atoms with van der Waals surface area (Å²) in [5, 5.41) is 20.1. The first-order valence-electron chi connectivity index (χ1n) is 11.6. The van der Waals surface area contributed by atoms with Gasteiger partial charge in [0.1, 0.15) is 10.5 Å². The summed E-state index contributed by atoms with van der Waals surface area (Å²) >= 11 is 5.85. The summed E-state index contributed by atoms with van der Waals surface area (Å²) < 4.78 is 0.481. The van der Waals surface area contributed by atoms with Crippen LogP contribution in [-0.2, 0) is 0 Å². The second-order valence-electron chi connectivity index (χ2n) is 9.60. The third kappa shape index (κ3) is 3.19. The number of nitrogens with zero attached hydrogens (tertiary/aromatic N) is 2. The molecule has 4 fully saturated rings.